The summed E-state index contributed by atoms with van der Waals surface area (Å²) in [6, 6.07) is 7.11. The molecule has 1 aliphatic heterocycles. The molecular weight excluding hydrogens is 374 g/mol. The first kappa shape index (κ1) is 18.9. The summed E-state index contributed by atoms with van der Waals surface area (Å²) in [5.41, 5.74) is 2.67. The second kappa shape index (κ2) is 7.51. The number of aliphatic hydroxyl groups is 1. The Hall–Kier alpha value is -3.46. The van der Waals surface area contributed by atoms with Crippen LogP contribution in [0.25, 0.3) is 11.3 Å². The maximum atomic E-state index is 12.8. The van der Waals surface area contributed by atoms with Gasteiger partial charge in [0.05, 0.1) is 50.4 Å². The molecule has 0 aliphatic carbocycles. The van der Waals surface area contributed by atoms with Crippen molar-refractivity contribution < 1.29 is 19.4 Å². The number of nitrogens with zero attached hydrogens (tertiary/aromatic N) is 5. The lowest BCUT2D eigenvalue weighted by molar-refractivity contribution is 0.0995. The molecular formula is C20H21N5O4. The monoisotopic (exact) mass is 395 g/mol. The van der Waals surface area contributed by atoms with Gasteiger partial charge in [-0.3, -0.25) is 19.4 Å². The van der Waals surface area contributed by atoms with Crippen molar-refractivity contribution in [2.75, 3.05) is 19.1 Å². The summed E-state index contributed by atoms with van der Waals surface area (Å²) < 4.78 is 12.1. The average Bonchev–Trinajstić information content (AvgIpc) is 3.30. The fraction of sp³-hybridized carbons (Fsp3) is 0.300. The van der Waals surface area contributed by atoms with Crippen molar-refractivity contribution in [3.8, 4) is 22.9 Å². The van der Waals surface area contributed by atoms with Gasteiger partial charge < -0.3 is 14.6 Å². The molecule has 9 heteroatoms. The van der Waals surface area contributed by atoms with Crippen molar-refractivity contribution >= 4 is 11.7 Å². The molecule has 0 unspecified atom stereocenters. The summed E-state index contributed by atoms with van der Waals surface area (Å²) in [5, 5.41) is 13.9. The van der Waals surface area contributed by atoms with Crippen LogP contribution in [0.3, 0.4) is 0 Å². The lowest BCUT2D eigenvalue weighted by Gasteiger charge is -2.11. The van der Waals surface area contributed by atoms with E-state index in [0.717, 1.165) is 5.56 Å². The van der Waals surface area contributed by atoms with Crippen molar-refractivity contribution in [1.29, 1.82) is 0 Å². The van der Waals surface area contributed by atoms with Crippen LogP contribution in [0.4, 0.5) is 5.82 Å². The topological polar surface area (TPSA) is 103 Å². The highest BCUT2D eigenvalue weighted by atomic mass is 16.5. The number of pyridine rings is 2. The third-order valence-corrected chi connectivity index (χ3v) is 4.64. The smallest absolute Gasteiger partial charge is 0.261 e. The van der Waals surface area contributed by atoms with Crippen molar-refractivity contribution in [3.63, 3.8) is 0 Å². The number of aromatic nitrogens is 4. The van der Waals surface area contributed by atoms with E-state index in [1.165, 1.54) is 7.11 Å². The Kier molecular flexibility index (Phi) is 4.89. The van der Waals surface area contributed by atoms with Crippen LogP contribution in [0.15, 0.2) is 36.7 Å². The van der Waals surface area contributed by atoms with Crippen LogP contribution in [-0.4, -0.2) is 51.1 Å². The van der Waals surface area contributed by atoms with Gasteiger partial charge in [0, 0.05) is 24.0 Å². The number of amides is 1. The summed E-state index contributed by atoms with van der Waals surface area (Å²) >= 11 is 0. The number of carbonyl (C=O) groups is 1. The number of ether oxygens (including phenoxy) is 2. The number of methoxy groups -OCH3 is 2. The summed E-state index contributed by atoms with van der Waals surface area (Å²) in [6.07, 6.45) is 2.88. The van der Waals surface area contributed by atoms with Crippen LogP contribution >= 0.6 is 0 Å². The highest BCUT2D eigenvalue weighted by Gasteiger charge is 2.31. The molecule has 1 N–H and O–H groups in total. The molecule has 4 heterocycles. The molecule has 0 saturated heterocycles. The third kappa shape index (κ3) is 3.52. The van der Waals surface area contributed by atoms with Crippen LogP contribution in [0.1, 0.15) is 23.0 Å². The number of carbonyl (C=O) groups excluding carboxylic acids is 1. The van der Waals surface area contributed by atoms with E-state index in [1.807, 2.05) is 0 Å². The zero-order valence-electron chi connectivity index (χ0n) is 16.4. The van der Waals surface area contributed by atoms with E-state index in [2.05, 4.69) is 15.1 Å². The van der Waals surface area contributed by atoms with E-state index >= 15 is 0 Å². The van der Waals surface area contributed by atoms with Crippen molar-refractivity contribution in [3.05, 3.63) is 47.9 Å². The van der Waals surface area contributed by atoms with Crippen molar-refractivity contribution in [2.24, 2.45) is 0 Å². The molecule has 1 atom stereocenters. The quantitative estimate of drug-likeness (QED) is 0.680. The van der Waals surface area contributed by atoms with Gasteiger partial charge in [-0.1, -0.05) is 0 Å². The maximum absolute atomic E-state index is 12.8. The van der Waals surface area contributed by atoms with E-state index in [-0.39, 0.29) is 5.91 Å². The van der Waals surface area contributed by atoms with E-state index in [1.54, 1.807) is 60.3 Å². The van der Waals surface area contributed by atoms with Crippen LogP contribution in [0, 0.1) is 0 Å². The normalized spacial score (nSPS) is 14.1. The van der Waals surface area contributed by atoms with Gasteiger partial charge in [0.1, 0.15) is 0 Å². The minimum Gasteiger partial charge on any atom is -0.491 e. The first-order valence-corrected chi connectivity index (χ1v) is 9.12. The molecule has 4 rings (SSSR count). The van der Waals surface area contributed by atoms with Crippen LogP contribution in [0.2, 0.25) is 0 Å². The van der Waals surface area contributed by atoms with E-state index in [0.29, 0.717) is 47.5 Å². The van der Waals surface area contributed by atoms with Crippen LogP contribution in [-0.2, 0) is 13.1 Å². The number of hydrogen-bond acceptors (Lipinski definition) is 7. The fourth-order valence-corrected chi connectivity index (χ4v) is 3.27. The first-order valence-electron chi connectivity index (χ1n) is 9.12. The predicted molar refractivity (Wildman–Crippen MR) is 105 cm³/mol. The van der Waals surface area contributed by atoms with Gasteiger partial charge in [-0.05, 0) is 25.1 Å². The second-order valence-electron chi connectivity index (χ2n) is 6.76. The average molecular weight is 395 g/mol. The van der Waals surface area contributed by atoms with Crippen molar-refractivity contribution in [2.45, 2.75) is 26.1 Å². The summed E-state index contributed by atoms with van der Waals surface area (Å²) in [4.78, 5) is 23.3. The van der Waals surface area contributed by atoms with E-state index in [9.17, 15) is 9.90 Å². The molecule has 0 saturated carbocycles. The highest BCUT2D eigenvalue weighted by Crippen LogP contribution is 2.32. The molecule has 1 amide bonds. The third-order valence-electron chi connectivity index (χ3n) is 4.64. The molecule has 0 fully saturated rings. The Bertz CT molecular complexity index is 1060. The van der Waals surface area contributed by atoms with Gasteiger partial charge in [0.15, 0.2) is 11.6 Å². The molecule has 0 bridgehead atoms. The summed E-state index contributed by atoms with van der Waals surface area (Å²) in [5.74, 6) is 1.29. The number of fused-ring (bicyclic) bond motifs is 1. The Morgan fingerprint density at radius 1 is 1.24 bits per heavy atom. The molecule has 3 aromatic heterocycles. The Morgan fingerprint density at radius 2 is 2.07 bits per heavy atom. The summed E-state index contributed by atoms with van der Waals surface area (Å²) in [6.45, 7) is 2.38. The highest BCUT2D eigenvalue weighted by molar-refractivity contribution is 6.09. The van der Waals surface area contributed by atoms with Crippen molar-refractivity contribution in [1.82, 2.24) is 19.7 Å². The lowest BCUT2D eigenvalue weighted by Crippen LogP contribution is -2.24. The second-order valence-corrected chi connectivity index (χ2v) is 6.76. The Labute approximate surface area is 167 Å². The molecule has 150 valence electrons. The Morgan fingerprint density at radius 3 is 2.79 bits per heavy atom. The van der Waals surface area contributed by atoms with Gasteiger partial charge in [0.2, 0.25) is 0 Å². The van der Waals surface area contributed by atoms with E-state index in [4.69, 9.17) is 9.47 Å². The molecule has 3 aromatic rings. The SMILES string of the molecule is COc1cc(-c2ccc3c(n2)CN(c2ccn(C[C@@H](C)O)n2)C3=O)cnc1OC. The van der Waals surface area contributed by atoms with Gasteiger partial charge in [-0.25, -0.2) is 4.98 Å². The molecule has 0 aromatic carbocycles. The van der Waals surface area contributed by atoms with Crippen LogP contribution < -0.4 is 14.4 Å². The maximum Gasteiger partial charge on any atom is 0.261 e. The molecule has 9 nitrogen and oxygen atoms in total. The zero-order chi connectivity index (χ0) is 20.5. The molecule has 0 spiro atoms. The Balaban J connectivity index is 1.61. The van der Waals surface area contributed by atoms with Crippen LogP contribution in [0.5, 0.6) is 11.6 Å². The lowest BCUT2D eigenvalue weighted by atomic mass is 10.1. The number of rotatable bonds is 6. The van der Waals surface area contributed by atoms with Gasteiger partial charge in [-0.15, -0.1) is 0 Å². The molecule has 0 radical (unpaired) electrons. The molecule has 29 heavy (non-hydrogen) atoms. The minimum absolute atomic E-state index is 0.146. The van der Waals surface area contributed by atoms with Gasteiger partial charge in [-0.2, -0.15) is 5.10 Å². The fourth-order valence-electron chi connectivity index (χ4n) is 3.27. The van der Waals surface area contributed by atoms with Gasteiger partial charge in [0.25, 0.3) is 11.8 Å². The van der Waals surface area contributed by atoms with Gasteiger partial charge >= 0.3 is 0 Å². The minimum atomic E-state index is -0.520. The number of hydrogen-bond donors (Lipinski definition) is 1. The first-order chi connectivity index (χ1) is 14.0. The number of aliphatic hydroxyl groups excluding tert-OH is 1. The standard InChI is InChI=1S/C20H21N5O4/c1-12(26)10-24-7-6-18(23-24)25-11-16-14(20(25)27)4-5-15(22-16)13-8-17(28-2)19(29-3)21-9-13/h4-9,12,26H,10-11H2,1-3H3/t12-/m1/s1. The summed E-state index contributed by atoms with van der Waals surface area (Å²) in [7, 11) is 3.08. The number of anilines is 1. The zero-order valence-corrected chi connectivity index (χ0v) is 16.4. The van der Waals surface area contributed by atoms with E-state index < -0.39 is 6.10 Å². The predicted octanol–water partition coefficient (Wildman–Crippen LogP) is 1.90. The molecule has 1 aliphatic rings. The largest absolute Gasteiger partial charge is 0.491 e.